The van der Waals surface area contributed by atoms with Crippen molar-refractivity contribution in [2.24, 2.45) is 0 Å². The van der Waals surface area contributed by atoms with Gasteiger partial charge in [-0.1, -0.05) is 18.2 Å². The molecule has 3 nitrogen and oxygen atoms in total. The van der Waals surface area contributed by atoms with Crippen LogP contribution in [0.5, 0.6) is 5.75 Å². The molecular weight excluding hydrogens is 260 g/mol. The maximum atomic E-state index is 11.8. The zero-order chi connectivity index (χ0) is 13.7. The van der Waals surface area contributed by atoms with Crippen LogP contribution in [0, 0.1) is 0 Å². The summed E-state index contributed by atoms with van der Waals surface area (Å²) in [5.74, 6) is 0.379. The first-order valence-corrected chi connectivity index (χ1v) is 6.23. The Balaban J connectivity index is 2.00. The van der Waals surface area contributed by atoms with Crippen LogP contribution in [0.1, 0.15) is 15.9 Å². The third kappa shape index (κ3) is 3.76. The molecule has 98 valence electrons. The lowest BCUT2D eigenvalue weighted by molar-refractivity contribution is 0.0472. The summed E-state index contributed by atoms with van der Waals surface area (Å²) in [5, 5.41) is 0. The molecule has 0 aliphatic rings. The molecule has 0 radical (unpaired) electrons. The van der Waals surface area contributed by atoms with Crippen molar-refractivity contribution in [2.75, 3.05) is 7.11 Å². The molecule has 0 saturated heterocycles. The highest BCUT2D eigenvalue weighted by Gasteiger charge is 2.07. The zero-order valence-corrected chi connectivity index (χ0v) is 11.4. The smallest absolute Gasteiger partial charge is 0.338 e. The van der Waals surface area contributed by atoms with Crippen LogP contribution in [-0.4, -0.2) is 13.1 Å². The highest BCUT2D eigenvalue weighted by atomic mass is 32.1. The van der Waals surface area contributed by atoms with Crippen LogP contribution in [-0.2, 0) is 11.3 Å². The second-order valence-corrected chi connectivity index (χ2v) is 4.49. The van der Waals surface area contributed by atoms with Gasteiger partial charge in [0, 0.05) is 4.90 Å². The zero-order valence-electron chi connectivity index (χ0n) is 10.5. The summed E-state index contributed by atoms with van der Waals surface area (Å²) < 4.78 is 10.4. The van der Waals surface area contributed by atoms with Gasteiger partial charge in [0.1, 0.15) is 12.4 Å². The van der Waals surface area contributed by atoms with E-state index in [0.717, 1.165) is 16.2 Å². The number of methoxy groups -OCH3 is 1. The number of rotatable bonds is 4. The van der Waals surface area contributed by atoms with Crippen LogP contribution in [0.4, 0.5) is 0 Å². The number of carbonyl (C=O) groups is 1. The van der Waals surface area contributed by atoms with Gasteiger partial charge in [-0.05, 0) is 35.9 Å². The van der Waals surface area contributed by atoms with E-state index in [4.69, 9.17) is 9.47 Å². The van der Waals surface area contributed by atoms with E-state index in [1.54, 1.807) is 25.3 Å². The first-order valence-electron chi connectivity index (χ1n) is 5.78. The highest BCUT2D eigenvalue weighted by Crippen LogP contribution is 2.15. The minimum absolute atomic E-state index is 0.215. The number of carbonyl (C=O) groups excluding carboxylic acids is 1. The van der Waals surface area contributed by atoms with Crippen molar-refractivity contribution < 1.29 is 14.3 Å². The third-order valence-corrected chi connectivity index (χ3v) is 2.86. The van der Waals surface area contributed by atoms with Crippen molar-refractivity contribution in [3.63, 3.8) is 0 Å². The fourth-order valence-electron chi connectivity index (χ4n) is 1.63. The Morgan fingerprint density at radius 3 is 2.68 bits per heavy atom. The van der Waals surface area contributed by atoms with Crippen LogP contribution >= 0.6 is 12.6 Å². The van der Waals surface area contributed by atoms with Crippen LogP contribution in [0.25, 0.3) is 0 Å². The molecule has 19 heavy (non-hydrogen) atoms. The van der Waals surface area contributed by atoms with Gasteiger partial charge in [0.15, 0.2) is 0 Å². The van der Waals surface area contributed by atoms with Gasteiger partial charge in [0.25, 0.3) is 0 Å². The van der Waals surface area contributed by atoms with E-state index < -0.39 is 0 Å². The molecule has 2 aromatic rings. The summed E-state index contributed by atoms with van der Waals surface area (Å²) >= 11 is 4.19. The van der Waals surface area contributed by atoms with Crippen LogP contribution in [0.3, 0.4) is 0 Å². The summed E-state index contributed by atoms with van der Waals surface area (Å²) in [6.45, 7) is 0.215. The Bertz CT molecular complexity index is 581. The number of hydrogen-bond donors (Lipinski definition) is 1. The van der Waals surface area contributed by atoms with Crippen LogP contribution in [0.15, 0.2) is 53.4 Å². The van der Waals surface area contributed by atoms with Gasteiger partial charge in [-0.25, -0.2) is 4.79 Å². The Hall–Kier alpha value is -1.94. The SMILES string of the molecule is COc1cccc(COC(=O)c2cccc(S)c2)c1. The molecular formula is C15H14O3S. The van der Waals surface area contributed by atoms with E-state index in [9.17, 15) is 4.79 Å². The molecule has 2 rings (SSSR count). The topological polar surface area (TPSA) is 35.5 Å². The molecule has 0 fully saturated rings. The van der Waals surface area contributed by atoms with Gasteiger partial charge < -0.3 is 9.47 Å². The Kier molecular flexibility index (Phi) is 4.47. The third-order valence-electron chi connectivity index (χ3n) is 2.59. The predicted molar refractivity (Wildman–Crippen MR) is 75.8 cm³/mol. The van der Waals surface area contributed by atoms with Crippen LogP contribution in [0.2, 0.25) is 0 Å². The fraction of sp³-hybridized carbons (Fsp3) is 0.133. The number of thiol groups is 1. The molecule has 0 saturated carbocycles. The number of hydrogen-bond acceptors (Lipinski definition) is 4. The maximum Gasteiger partial charge on any atom is 0.338 e. The van der Waals surface area contributed by atoms with Gasteiger partial charge in [0.05, 0.1) is 12.7 Å². The molecule has 2 aromatic carbocycles. The molecule has 0 heterocycles. The highest BCUT2D eigenvalue weighted by molar-refractivity contribution is 7.80. The average Bonchev–Trinajstić information content (AvgIpc) is 2.45. The summed E-state index contributed by atoms with van der Waals surface area (Å²) in [6.07, 6.45) is 0. The molecule has 0 N–H and O–H groups in total. The van der Waals surface area contributed by atoms with Crippen molar-refractivity contribution in [3.8, 4) is 5.75 Å². The minimum Gasteiger partial charge on any atom is -0.497 e. The van der Waals surface area contributed by atoms with Crippen LogP contribution < -0.4 is 4.74 Å². The second kappa shape index (κ2) is 6.29. The minimum atomic E-state index is -0.362. The summed E-state index contributed by atoms with van der Waals surface area (Å²) in [5.41, 5.74) is 1.38. The first kappa shape index (κ1) is 13.5. The normalized spacial score (nSPS) is 10.0. The lowest BCUT2D eigenvalue weighted by Gasteiger charge is -2.06. The number of benzene rings is 2. The monoisotopic (exact) mass is 274 g/mol. The summed E-state index contributed by atoms with van der Waals surface area (Å²) in [7, 11) is 1.60. The lowest BCUT2D eigenvalue weighted by atomic mass is 10.2. The number of ether oxygens (including phenoxy) is 2. The Morgan fingerprint density at radius 2 is 1.95 bits per heavy atom. The molecule has 0 aromatic heterocycles. The predicted octanol–water partition coefficient (Wildman–Crippen LogP) is 3.34. The van der Waals surface area contributed by atoms with Crippen molar-refractivity contribution >= 4 is 18.6 Å². The summed E-state index contributed by atoms with van der Waals surface area (Å²) in [6, 6.07) is 14.4. The van der Waals surface area contributed by atoms with Crippen molar-refractivity contribution in [2.45, 2.75) is 11.5 Å². The van der Waals surface area contributed by atoms with E-state index in [2.05, 4.69) is 12.6 Å². The molecule has 0 aliphatic carbocycles. The summed E-state index contributed by atoms with van der Waals surface area (Å²) in [4.78, 5) is 12.6. The van der Waals surface area contributed by atoms with E-state index in [-0.39, 0.29) is 12.6 Å². The van der Waals surface area contributed by atoms with E-state index in [1.165, 1.54) is 0 Å². The molecule has 0 amide bonds. The molecule has 0 unspecified atom stereocenters. The molecule has 0 aliphatic heterocycles. The lowest BCUT2D eigenvalue weighted by Crippen LogP contribution is -2.05. The quantitative estimate of drug-likeness (QED) is 0.686. The van der Waals surface area contributed by atoms with Gasteiger partial charge in [-0.15, -0.1) is 12.6 Å². The Morgan fingerprint density at radius 1 is 1.16 bits per heavy atom. The van der Waals surface area contributed by atoms with Crippen molar-refractivity contribution in [3.05, 3.63) is 59.7 Å². The molecule has 4 heteroatoms. The number of esters is 1. The largest absolute Gasteiger partial charge is 0.497 e. The molecule has 0 atom stereocenters. The van der Waals surface area contributed by atoms with Gasteiger partial charge in [0.2, 0.25) is 0 Å². The van der Waals surface area contributed by atoms with Gasteiger partial charge in [-0.3, -0.25) is 0 Å². The van der Waals surface area contributed by atoms with E-state index in [1.807, 2.05) is 30.3 Å². The second-order valence-electron chi connectivity index (χ2n) is 3.98. The first-order chi connectivity index (χ1) is 9.19. The van der Waals surface area contributed by atoms with Gasteiger partial charge >= 0.3 is 5.97 Å². The fourth-order valence-corrected chi connectivity index (χ4v) is 1.85. The Labute approximate surface area is 117 Å². The molecule has 0 bridgehead atoms. The van der Waals surface area contributed by atoms with Crippen molar-refractivity contribution in [1.82, 2.24) is 0 Å². The van der Waals surface area contributed by atoms with Crippen molar-refractivity contribution in [1.29, 1.82) is 0 Å². The molecule has 0 spiro atoms. The van der Waals surface area contributed by atoms with E-state index in [0.29, 0.717) is 5.56 Å². The average molecular weight is 274 g/mol. The standard InChI is InChI=1S/C15H14O3S/c1-17-13-6-2-4-11(8-13)10-18-15(16)12-5-3-7-14(19)9-12/h2-9,19H,10H2,1H3. The maximum absolute atomic E-state index is 11.8. The van der Waals surface area contributed by atoms with E-state index >= 15 is 0 Å². The van der Waals surface area contributed by atoms with Gasteiger partial charge in [-0.2, -0.15) is 0 Å².